The average Bonchev–Trinajstić information content (AvgIpc) is 3.08. The molecule has 2 aliphatic rings. The first-order chi connectivity index (χ1) is 14.4. The third-order valence-corrected chi connectivity index (χ3v) is 7.35. The van der Waals surface area contributed by atoms with Gasteiger partial charge in [0.15, 0.2) is 0 Å². The normalized spacial score (nSPS) is 19.0. The van der Waals surface area contributed by atoms with E-state index >= 15 is 0 Å². The second-order valence-electron chi connectivity index (χ2n) is 8.88. The standard InChI is InChI=1S/C23H32N4O2S/c1-16(2)15-20(28)26-9-7-17(8-10-26)25-11-13-27(14-12-25)23(29)21-18-5-3-4-6-19(18)30-22(21)24/h3-6,16-17H,7-15,24H2,1-2H3. The Hall–Kier alpha value is -2.12. The van der Waals surface area contributed by atoms with Crippen LogP contribution >= 0.6 is 11.3 Å². The summed E-state index contributed by atoms with van der Waals surface area (Å²) in [5.74, 6) is 0.758. The van der Waals surface area contributed by atoms with E-state index in [1.54, 1.807) is 0 Å². The molecule has 7 heteroatoms. The minimum atomic E-state index is 0.0544. The van der Waals surface area contributed by atoms with E-state index in [9.17, 15) is 9.59 Å². The van der Waals surface area contributed by atoms with Crippen molar-refractivity contribution in [2.45, 2.75) is 39.2 Å². The molecule has 0 bridgehead atoms. The molecular formula is C23H32N4O2S. The summed E-state index contributed by atoms with van der Waals surface area (Å²) in [5.41, 5.74) is 6.87. The van der Waals surface area contributed by atoms with Gasteiger partial charge in [0.2, 0.25) is 5.91 Å². The van der Waals surface area contributed by atoms with Crippen LogP contribution < -0.4 is 5.73 Å². The number of rotatable bonds is 4. The number of benzene rings is 1. The largest absolute Gasteiger partial charge is 0.390 e. The Bertz CT molecular complexity index is 909. The van der Waals surface area contributed by atoms with Gasteiger partial charge in [-0.05, 0) is 24.8 Å². The Labute approximate surface area is 182 Å². The zero-order chi connectivity index (χ0) is 21.3. The molecule has 0 saturated carbocycles. The zero-order valence-corrected chi connectivity index (χ0v) is 18.8. The fraction of sp³-hybridized carbons (Fsp3) is 0.565. The quantitative estimate of drug-likeness (QED) is 0.811. The summed E-state index contributed by atoms with van der Waals surface area (Å²) in [7, 11) is 0. The molecule has 2 fully saturated rings. The van der Waals surface area contributed by atoms with Gasteiger partial charge in [-0.25, -0.2) is 0 Å². The van der Waals surface area contributed by atoms with Crippen molar-refractivity contribution in [3.63, 3.8) is 0 Å². The molecule has 1 aromatic heterocycles. The summed E-state index contributed by atoms with van der Waals surface area (Å²) in [6.45, 7) is 9.13. The second-order valence-corrected chi connectivity index (χ2v) is 9.96. The van der Waals surface area contributed by atoms with E-state index in [1.165, 1.54) is 11.3 Å². The number of piperazine rings is 1. The lowest BCUT2D eigenvalue weighted by atomic mass is 10.0. The highest BCUT2D eigenvalue weighted by Crippen LogP contribution is 2.34. The molecule has 2 aliphatic heterocycles. The van der Waals surface area contributed by atoms with Crippen LogP contribution in [0.15, 0.2) is 24.3 Å². The van der Waals surface area contributed by atoms with Crippen LogP contribution in [0.25, 0.3) is 10.1 Å². The van der Waals surface area contributed by atoms with E-state index < -0.39 is 0 Å². The first-order valence-corrected chi connectivity index (χ1v) is 11.8. The molecule has 6 nitrogen and oxygen atoms in total. The minimum Gasteiger partial charge on any atom is -0.390 e. The SMILES string of the molecule is CC(C)CC(=O)N1CCC(N2CCN(C(=O)c3c(N)sc4ccccc34)CC2)CC1. The first-order valence-electron chi connectivity index (χ1n) is 11.0. The molecule has 2 N–H and O–H groups in total. The number of anilines is 1. The molecule has 30 heavy (non-hydrogen) atoms. The summed E-state index contributed by atoms with van der Waals surface area (Å²) in [6.07, 6.45) is 2.70. The van der Waals surface area contributed by atoms with E-state index in [0.29, 0.717) is 34.9 Å². The number of nitrogens with two attached hydrogens (primary N) is 1. The van der Waals surface area contributed by atoms with Gasteiger partial charge in [0.1, 0.15) is 0 Å². The number of fused-ring (bicyclic) bond motifs is 1. The Balaban J connectivity index is 1.32. The molecule has 0 spiro atoms. The molecule has 162 valence electrons. The number of hydrogen-bond donors (Lipinski definition) is 1. The third-order valence-electron chi connectivity index (χ3n) is 6.35. The highest BCUT2D eigenvalue weighted by atomic mass is 32.1. The average molecular weight is 429 g/mol. The van der Waals surface area contributed by atoms with Crippen LogP contribution in [0, 0.1) is 5.92 Å². The number of likely N-dealkylation sites (tertiary alicyclic amines) is 1. The van der Waals surface area contributed by atoms with Crippen LogP contribution in [0.5, 0.6) is 0 Å². The Morgan fingerprint density at radius 2 is 1.70 bits per heavy atom. The van der Waals surface area contributed by atoms with Crippen molar-refractivity contribution in [1.29, 1.82) is 0 Å². The predicted octanol–water partition coefficient (Wildman–Crippen LogP) is 3.28. The van der Waals surface area contributed by atoms with Crippen molar-refractivity contribution < 1.29 is 9.59 Å². The number of carbonyl (C=O) groups excluding carboxylic acids is 2. The lowest BCUT2D eigenvalue weighted by Crippen LogP contribution is -2.54. The van der Waals surface area contributed by atoms with Gasteiger partial charge in [0.05, 0.1) is 10.6 Å². The molecule has 0 unspecified atom stereocenters. The van der Waals surface area contributed by atoms with Gasteiger partial charge < -0.3 is 15.5 Å². The van der Waals surface area contributed by atoms with Crippen molar-refractivity contribution in [3.8, 4) is 0 Å². The molecule has 1 aromatic carbocycles. The van der Waals surface area contributed by atoms with Crippen LogP contribution in [0.3, 0.4) is 0 Å². The zero-order valence-electron chi connectivity index (χ0n) is 18.0. The van der Waals surface area contributed by atoms with E-state index in [0.717, 1.165) is 62.2 Å². The molecule has 4 rings (SSSR count). The van der Waals surface area contributed by atoms with Gasteiger partial charge in [-0.1, -0.05) is 32.0 Å². The van der Waals surface area contributed by atoms with Crippen LogP contribution in [0.1, 0.15) is 43.5 Å². The number of thiophene rings is 1. The van der Waals surface area contributed by atoms with Gasteiger partial charge in [-0.2, -0.15) is 0 Å². The highest BCUT2D eigenvalue weighted by molar-refractivity contribution is 7.23. The summed E-state index contributed by atoms with van der Waals surface area (Å²) in [6, 6.07) is 8.45. The summed E-state index contributed by atoms with van der Waals surface area (Å²) < 4.78 is 1.07. The van der Waals surface area contributed by atoms with Gasteiger partial charge >= 0.3 is 0 Å². The second kappa shape index (κ2) is 8.94. The fourth-order valence-corrected chi connectivity index (χ4v) is 5.65. The number of hydrogen-bond acceptors (Lipinski definition) is 5. The van der Waals surface area contributed by atoms with Crippen LogP contribution in [0.4, 0.5) is 5.00 Å². The molecule has 0 radical (unpaired) electrons. The van der Waals surface area contributed by atoms with Crippen molar-refractivity contribution in [1.82, 2.24) is 14.7 Å². The van der Waals surface area contributed by atoms with Gasteiger partial charge in [0, 0.05) is 61.8 Å². The minimum absolute atomic E-state index is 0.0544. The lowest BCUT2D eigenvalue weighted by molar-refractivity contribution is -0.133. The van der Waals surface area contributed by atoms with Crippen molar-refractivity contribution in [2.75, 3.05) is 45.0 Å². The van der Waals surface area contributed by atoms with Gasteiger partial charge in [0.25, 0.3) is 5.91 Å². The van der Waals surface area contributed by atoms with E-state index in [4.69, 9.17) is 5.73 Å². The number of nitrogens with zero attached hydrogens (tertiary/aromatic N) is 3. The van der Waals surface area contributed by atoms with Crippen molar-refractivity contribution >= 4 is 38.2 Å². The molecule has 0 aliphatic carbocycles. The Morgan fingerprint density at radius 1 is 1.03 bits per heavy atom. The molecule has 3 heterocycles. The van der Waals surface area contributed by atoms with Crippen LogP contribution in [-0.2, 0) is 4.79 Å². The Morgan fingerprint density at radius 3 is 2.37 bits per heavy atom. The lowest BCUT2D eigenvalue weighted by Gasteiger charge is -2.43. The van der Waals surface area contributed by atoms with E-state index in [-0.39, 0.29) is 5.91 Å². The Kier molecular flexibility index (Phi) is 6.29. The summed E-state index contributed by atoms with van der Waals surface area (Å²) >= 11 is 1.49. The van der Waals surface area contributed by atoms with Crippen LogP contribution in [0.2, 0.25) is 0 Å². The maximum absolute atomic E-state index is 13.2. The molecule has 2 amide bonds. The highest BCUT2D eigenvalue weighted by Gasteiger charge is 2.31. The predicted molar refractivity (Wildman–Crippen MR) is 123 cm³/mol. The maximum atomic E-state index is 13.2. The maximum Gasteiger partial charge on any atom is 0.257 e. The molecule has 2 saturated heterocycles. The van der Waals surface area contributed by atoms with E-state index in [1.807, 2.05) is 34.1 Å². The van der Waals surface area contributed by atoms with Crippen molar-refractivity contribution in [3.05, 3.63) is 29.8 Å². The summed E-state index contributed by atoms with van der Waals surface area (Å²) in [4.78, 5) is 32.0. The monoisotopic (exact) mass is 428 g/mol. The van der Waals surface area contributed by atoms with Gasteiger partial charge in [-0.3, -0.25) is 14.5 Å². The number of piperidine rings is 1. The topological polar surface area (TPSA) is 69.9 Å². The van der Waals surface area contributed by atoms with Crippen molar-refractivity contribution in [2.24, 2.45) is 5.92 Å². The fourth-order valence-electron chi connectivity index (χ4n) is 4.69. The smallest absolute Gasteiger partial charge is 0.257 e. The molecule has 2 aromatic rings. The molecular weight excluding hydrogens is 396 g/mol. The number of nitrogen functional groups attached to an aromatic ring is 1. The van der Waals surface area contributed by atoms with Crippen LogP contribution in [-0.4, -0.2) is 71.8 Å². The summed E-state index contributed by atoms with van der Waals surface area (Å²) in [5, 5.41) is 1.58. The van der Waals surface area contributed by atoms with E-state index in [2.05, 4.69) is 18.7 Å². The first kappa shape index (κ1) is 21.1. The third kappa shape index (κ3) is 4.32. The number of amides is 2. The number of carbonyl (C=O) groups is 2. The molecule has 0 atom stereocenters. The van der Waals surface area contributed by atoms with Gasteiger partial charge in [-0.15, -0.1) is 11.3 Å².